The second-order valence-electron chi connectivity index (χ2n) is 1.85. The molecule has 50 valence electrons. The van der Waals surface area contributed by atoms with Gasteiger partial charge in [-0.1, -0.05) is 6.07 Å². The number of nitrogens with zero attached hydrogens (tertiary/aromatic N) is 1. The number of allylic oxidation sites excluding steroid dienone is 1. The molecule has 0 unspecified atom stereocenters. The summed E-state index contributed by atoms with van der Waals surface area (Å²) in [4.78, 5) is 4.08. The molecular formula is C9H9N. The minimum Gasteiger partial charge on any atom is -0.256 e. The number of rotatable bonds is 1. The van der Waals surface area contributed by atoms with E-state index in [4.69, 9.17) is 0 Å². The lowest BCUT2D eigenvalue weighted by Gasteiger charge is -1.84. The van der Waals surface area contributed by atoms with Crippen molar-refractivity contribution in [2.45, 2.75) is 6.92 Å². The van der Waals surface area contributed by atoms with Crippen molar-refractivity contribution >= 4 is 6.08 Å². The van der Waals surface area contributed by atoms with Crippen molar-refractivity contribution in [3.8, 4) is 0 Å². The van der Waals surface area contributed by atoms with Crippen molar-refractivity contribution in [1.82, 2.24) is 4.98 Å². The number of hydrogen-bond donors (Lipinski definition) is 0. The molecule has 0 aliphatic carbocycles. The van der Waals surface area contributed by atoms with E-state index in [-0.39, 0.29) is 0 Å². The zero-order chi connectivity index (χ0) is 7.23. The molecule has 0 atom stereocenters. The van der Waals surface area contributed by atoms with Gasteiger partial charge in [-0.05, 0) is 25.1 Å². The van der Waals surface area contributed by atoms with Gasteiger partial charge in [-0.2, -0.15) is 0 Å². The van der Waals surface area contributed by atoms with Gasteiger partial charge in [-0.25, -0.2) is 0 Å². The molecule has 0 amide bonds. The second kappa shape index (κ2) is 3.65. The van der Waals surface area contributed by atoms with Crippen molar-refractivity contribution in [1.29, 1.82) is 0 Å². The molecule has 0 aliphatic rings. The van der Waals surface area contributed by atoms with Gasteiger partial charge in [0.25, 0.3) is 0 Å². The Balaban J connectivity index is 2.87. The van der Waals surface area contributed by atoms with E-state index in [1.807, 2.05) is 37.3 Å². The highest BCUT2D eigenvalue weighted by molar-refractivity contribution is 5.42. The van der Waals surface area contributed by atoms with Crippen molar-refractivity contribution in [2.24, 2.45) is 0 Å². The Morgan fingerprint density at radius 3 is 3.00 bits per heavy atom. The Labute approximate surface area is 60.7 Å². The highest BCUT2D eigenvalue weighted by Crippen LogP contribution is 1.93. The lowest BCUT2D eigenvalue weighted by molar-refractivity contribution is 1.30. The highest BCUT2D eigenvalue weighted by atomic mass is 14.6. The van der Waals surface area contributed by atoms with Crippen LogP contribution < -0.4 is 0 Å². The maximum atomic E-state index is 4.08. The molecule has 1 rings (SSSR count). The Hall–Kier alpha value is -1.33. The van der Waals surface area contributed by atoms with Gasteiger partial charge in [0.2, 0.25) is 0 Å². The average Bonchev–Trinajstić information content (AvgIpc) is 2.03. The summed E-state index contributed by atoms with van der Waals surface area (Å²) < 4.78 is 0. The van der Waals surface area contributed by atoms with Crippen LogP contribution in [0.25, 0.3) is 6.08 Å². The van der Waals surface area contributed by atoms with Gasteiger partial charge in [-0.15, -0.1) is 5.73 Å². The van der Waals surface area contributed by atoms with E-state index in [9.17, 15) is 0 Å². The normalized spacial score (nSPS) is 8.10. The maximum Gasteiger partial charge on any atom is 0.0706 e. The molecule has 0 fully saturated rings. The molecule has 0 saturated carbocycles. The summed E-state index contributed by atoms with van der Waals surface area (Å²) in [6.07, 6.45) is 5.47. The maximum absolute atomic E-state index is 4.08. The first kappa shape index (κ1) is 6.79. The quantitative estimate of drug-likeness (QED) is 0.533. The SMILES string of the molecule is CC=C=Cc1ccccn1. The summed E-state index contributed by atoms with van der Waals surface area (Å²) in [6.45, 7) is 1.93. The summed E-state index contributed by atoms with van der Waals surface area (Å²) in [7, 11) is 0. The topological polar surface area (TPSA) is 12.9 Å². The summed E-state index contributed by atoms with van der Waals surface area (Å²) in [6, 6.07) is 5.79. The second-order valence-corrected chi connectivity index (χ2v) is 1.85. The summed E-state index contributed by atoms with van der Waals surface area (Å²) in [5.74, 6) is 0. The van der Waals surface area contributed by atoms with Crippen molar-refractivity contribution in [3.05, 3.63) is 41.9 Å². The predicted molar refractivity (Wildman–Crippen MR) is 42.5 cm³/mol. The number of pyridine rings is 1. The number of aromatic nitrogens is 1. The third-order valence-corrected chi connectivity index (χ3v) is 1.09. The standard InChI is InChI=1S/C9H9N/c1-2-3-6-9-7-4-5-8-10-9/h2,4-8H,1H3. The average molecular weight is 131 g/mol. The molecule has 1 aromatic heterocycles. The fraction of sp³-hybridized carbons (Fsp3) is 0.111. The van der Waals surface area contributed by atoms with Crippen LogP contribution in [0.2, 0.25) is 0 Å². The fourth-order valence-electron chi connectivity index (χ4n) is 0.630. The predicted octanol–water partition coefficient (Wildman–Crippen LogP) is 2.27. The van der Waals surface area contributed by atoms with Gasteiger partial charge in [-0.3, -0.25) is 4.98 Å². The van der Waals surface area contributed by atoms with Gasteiger partial charge in [0.15, 0.2) is 0 Å². The summed E-state index contributed by atoms with van der Waals surface area (Å²) >= 11 is 0. The molecule has 0 radical (unpaired) electrons. The van der Waals surface area contributed by atoms with Crippen LogP contribution in [-0.2, 0) is 0 Å². The van der Waals surface area contributed by atoms with Gasteiger partial charge < -0.3 is 0 Å². The van der Waals surface area contributed by atoms with Crippen molar-refractivity contribution < 1.29 is 0 Å². The van der Waals surface area contributed by atoms with Crippen LogP contribution in [0.4, 0.5) is 0 Å². The first-order valence-corrected chi connectivity index (χ1v) is 3.21. The van der Waals surface area contributed by atoms with E-state index < -0.39 is 0 Å². The molecule has 10 heavy (non-hydrogen) atoms. The minimum atomic E-state index is 0.945. The third kappa shape index (κ3) is 1.88. The Morgan fingerprint density at radius 2 is 2.40 bits per heavy atom. The number of hydrogen-bond acceptors (Lipinski definition) is 1. The van der Waals surface area contributed by atoms with E-state index in [1.165, 1.54) is 0 Å². The van der Waals surface area contributed by atoms with Crippen LogP contribution in [0.3, 0.4) is 0 Å². The van der Waals surface area contributed by atoms with Gasteiger partial charge in [0.1, 0.15) is 0 Å². The largest absolute Gasteiger partial charge is 0.256 e. The van der Waals surface area contributed by atoms with E-state index in [2.05, 4.69) is 10.7 Å². The van der Waals surface area contributed by atoms with Crippen LogP contribution in [0.1, 0.15) is 12.6 Å². The molecule has 0 N–H and O–H groups in total. The van der Waals surface area contributed by atoms with E-state index in [0.717, 1.165) is 5.69 Å². The van der Waals surface area contributed by atoms with Crippen molar-refractivity contribution in [3.63, 3.8) is 0 Å². The molecule has 0 saturated heterocycles. The molecule has 0 bridgehead atoms. The van der Waals surface area contributed by atoms with E-state index >= 15 is 0 Å². The van der Waals surface area contributed by atoms with Crippen LogP contribution in [0, 0.1) is 0 Å². The fourth-order valence-corrected chi connectivity index (χ4v) is 0.630. The van der Waals surface area contributed by atoms with Crippen molar-refractivity contribution in [2.75, 3.05) is 0 Å². The monoisotopic (exact) mass is 131 g/mol. The molecule has 1 aromatic rings. The molecule has 0 aromatic carbocycles. The molecular weight excluding hydrogens is 122 g/mol. The minimum absolute atomic E-state index is 0.945. The Kier molecular flexibility index (Phi) is 2.48. The van der Waals surface area contributed by atoms with Crippen LogP contribution >= 0.6 is 0 Å². The van der Waals surface area contributed by atoms with Gasteiger partial charge in [0.05, 0.1) is 5.69 Å². The van der Waals surface area contributed by atoms with Gasteiger partial charge >= 0.3 is 0 Å². The molecule has 0 aliphatic heterocycles. The summed E-state index contributed by atoms with van der Waals surface area (Å²) in [5, 5.41) is 0. The van der Waals surface area contributed by atoms with E-state index in [0.29, 0.717) is 0 Å². The van der Waals surface area contributed by atoms with Crippen LogP contribution in [0.5, 0.6) is 0 Å². The summed E-state index contributed by atoms with van der Waals surface area (Å²) in [5.41, 5.74) is 3.90. The zero-order valence-corrected chi connectivity index (χ0v) is 5.91. The molecule has 1 heterocycles. The lowest BCUT2D eigenvalue weighted by atomic mass is 10.3. The molecule has 0 spiro atoms. The lowest BCUT2D eigenvalue weighted by Crippen LogP contribution is -1.73. The van der Waals surface area contributed by atoms with Gasteiger partial charge in [0, 0.05) is 12.3 Å². The smallest absolute Gasteiger partial charge is 0.0706 e. The first-order valence-electron chi connectivity index (χ1n) is 3.21. The Bertz CT molecular complexity index is 243. The molecule has 1 nitrogen and oxygen atoms in total. The third-order valence-electron chi connectivity index (χ3n) is 1.09. The molecule has 1 heteroatoms. The van der Waals surface area contributed by atoms with Crippen LogP contribution in [-0.4, -0.2) is 4.98 Å². The highest BCUT2D eigenvalue weighted by Gasteiger charge is 1.79. The Morgan fingerprint density at radius 1 is 1.50 bits per heavy atom. The first-order chi connectivity index (χ1) is 4.93. The van der Waals surface area contributed by atoms with Crippen LogP contribution in [0.15, 0.2) is 36.2 Å². The van der Waals surface area contributed by atoms with E-state index in [1.54, 1.807) is 6.20 Å². The zero-order valence-electron chi connectivity index (χ0n) is 5.91.